The van der Waals surface area contributed by atoms with Gasteiger partial charge in [0.1, 0.15) is 13.2 Å². The zero-order chi connectivity index (χ0) is 13.8. The van der Waals surface area contributed by atoms with E-state index in [2.05, 4.69) is 5.43 Å². The molecule has 2 rings (SSSR count). The molecule has 0 radical (unpaired) electrons. The van der Waals surface area contributed by atoms with Gasteiger partial charge in [-0.05, 0) is 18.6 Å². The summed E-state index contributed by atoms with van der Waals surface area (Å²) in [6.07, 6.45) is -0.758. The predicted octanol–water partition coefficient (Wildman–Crippen LogP) is 0.933. The van der Waals surface area contributed by atoms with E-state index in [1.807, 2.05) is 12.3 Å². The Morgan fingerprint density at radius 3 is 2.68 bits per heavy atom. The third-order valence-corrected chi connectivity index (χ3v) is 2.69. The summed E-state index contributed by atoms with van der Waals surface area (Å²) >= 11 is 0. The highest BCUT2D eigenvalue weighted by Gasteiger charge is 2.21. The molecule has 1 aromatic rings. The number of nitrogens with one attached hydrogen (secondary N) is 2. The number of ether oxygens (including phenoxy) is 2. The lowest BCUT2D eigenvalue weighted by Gasteiger charge is -2.22. The molecule has 1 aromatic carbocycles. The number of carbonyl (C=O) groups excluding carboxylic acids is 1. The van der Waals surface area contributed by atoms with Gasteiger partial charge in [0, 0.05) is 11.1 Å². The summed E-state index contributed by atoms with van der Waals surface area (Å²) in [5.41, 5.74) is 4.97. The van der Waals surface area contributed by atoms with Gasteiger partial charge in [-0.1, -0.05) is 6.92 Å². The Bertz CT molecular complexity index is 515. The maximum Gasteiger partial charge on any atom is 0.423 e. The second kappa shape index (κ2) is 5.47. The van der Waals surface area contributed by atoms with Crippen LogP contribution in [-0.2, 0) is 6.42 Å². The summed E-state index contributed by atoms with van der Waals surface area (Å²) in [4.78, 5) is 22.2. The minimum atomic E-state index is -1.33. The first-order valence-electron chi connectivity index (χ1n) is 5.84. The number of fused-ring (bicyclic) bond motifs is 1. The van der Waals surface area contributed by atoms with Crippen LogP contribution in [0.5, 0.6) is 11.5 Å². The van der Waals surface area contributed by atoms with Gasteiger partial charge < -0.3 is 14.6 Å². The number of hydrazine groups is 1. The van der Waals surface area contributed by atoms with Gasteiger partial charge in [0.05, 0.1) is 0 Å². The van der Waals surface area contributed by atoms with Gasteiger partial charge in [-0.2, -0.15) is 0 Å². The first-order valence-corrected chi connectivity index (χ1v) is 5.84. The first kappa shape index (κ1) is 13.0. The van der Waals surface area contributed by atoms with Crippen LogP contribution in [-0.4, -0.2) is 30.3 Å². The van der Waals surface area contributed by atoms with Gasteiger partial charge in [0.15, 0.2) is 11.5 Å². The van der Waals surface area contributed by atoms with Crippen molar-refractivity contribution in [3.8, 4) is 11.5 Å². The average molecular weight is 266 g/mol. The second-order valence-corrected chi connectivity index (χ2v) is 3.85. The van der Waals surface area contributed by atoms with E-state index in [1.165, 1.54) is 0 Å². The van der Waals surface area contributed by atoms with Crippen molar-refractivity contribution in [2.24, 2.45) is 0 Å². The largest absolute Gasteiger partial charge is 0.486 e. The molecule has 0 unspecified atom stereocenters. The zero-order valence-electron chi connectivity index (χ0n) is 10.4. The molecule has 7 heteroatoms. The fourth-order valence-electron chi connectivity index (χ4n) is 1.91. The Morgan fingerprint density at radius 1 is 1.26 bits per heavy atom. The summed E-state index contributed by atoms with van der Waals surface area (Å²) in [6.45, 7) is 2.79. The topological polar surface area (TPSA) is 96.9 Å². The third kappa shape index (κ3) is 2.70. The third-order valence-electron chi connectivity index (χ3n) is 2.69. The van der Waals surface area contributed by atoms with E-state index in [9.17, 15) is 9.59 Å². The van der Waals surface area contributed by atoms with Crippen LogP contribution in [0.1, 0.15) is 22.8 Å². The molecule has 0 saturated heterocycles. The predicted molar refractivity (Wildman–Crippen MR) is 65.4 cm³/mol. The van der Waals surface area contributed by atoms with Crippen molar-refractivity contribution < 1.29 is 24.2 Å². The Labute approximate surface area is 109 Å². The molecule has 1 heterocycles. The van der Waals surface area contributed by atoms with Crippen LogP contribution in [0.15, 0.2) is 12.1 Å². The van der Waals surface area contributed by atoms with Crippen molar-refractivity contribution in [2.75, 3.05) is 13.2 Å². The van der Waals surface area contributed by atoms with Crippen LogP contribution in [0.4, 0.5) is 4.79 Å². The van der Waals surface area contributed by atoms with E-state index >= 15 is 0 Å². The summed E-state index contributed by atoms with van der Waals surface area (Å²) in [5, 5.41) is 8.46. The van der Waals surface area contributed by atoms with Crippen LogP contribution in [0, 0.1) is 0 Å². The number of hydrogen-bond acceptors (Lipinski definition) is 4. The van der Waals surface area contributed by atoms with Gasteiger partial charge >= 0.3 is 6.09 Å². The molecule has 1 aliphatic rings. The van der Waals surface area contributed by atoms with Gasteiger partial charge in [-0.25, -0.2) is 10.2 Å². The highest BCUT2D eigenvalue weighted by molar-refractivity contribution is 5.97. The Balaban J connectivity index is 2.30. The second-order valence-electron chi connectivity index (χ2n) is 3.85. The quantitative estimate of drug-likeness (QED) is 0.692. The van der Waals surface area contributed by atoms with Crippen molar-refractivity contribution in [1.82, 2.24) is 10.9 Å². The molecule has 0 aliphatic carbocycles. The molecular weight excluding hydrogens is 252 g/mol. The molecule has 102 valence electrons. The molecule has 2 amide bonds. The van der Waals surface area contributed by atoms with Crippen molar-refractivity contribution in [3.05, 3.63) is 23.3 Å². The van der Waals surface area contributed by atoms with E-state index in [0.29, 0.717) is 42.3 Å². The zero-order valence-corrected chi connectivity index (χ0v) is 10.4. The lowest BCUT2D eigenvalue weighted by molar-refractivity contribution is 0.0924. The summed E-state index contributed by atoms with van der Waals surface area (Å²) in [7, 11) is 0. The number of carbonyl (C=O) groups is 2. The molecule has 0 saturated carbocycles. The highest BCUT2D eigenvalue weighted by atomic mass is 16.6. The van der Waals surface area contributed by atoms with E-state index < -0.39 is 12.0 Å². The van der Waals surface area contributed by atoms with Crippen molar-refractivity contribution in [2.45, 2.75) is 13.3 Å². The SMILES string of the molecule is CCc1c(C(=O)NNC(=O)O)ccc2c1OCCO2. The van der Waals surface area contributed by atoms with Crippen LogP contribution >= 0.6 is 0 Å². The van der Waals surface area contributed by atoms with E-state index in [-0.39, 0.29) is 0 Å². The molecule has 19 heavy (non-hydrogen) atoms. The lowest BCUT2D eigenvalue weighted by atomic mass is 10.0. The molecule has 1 aliphatic heterocycles. The van der Waals surface area contributed by atoms with Gasteiger partial charge in [0.2, 0.25) is 0 Å². The normalized spacial score (nSPS) is 12.7. The van der Waals surface area contributed by atoms with Gasteiger partial charge in [0.25, 0.3) is 5.91 Å². The maximum atomic E-state index is 11.9. The van der Waals surface area contributed by atoms with Gasteiger partial charge in [-0.3, -0.25) is 10.2 Å². The Kier molecular flexibility index (Phi) is 3.74. The number of rotatable bonds is 2. The molecule has 0 atom stereocenters. The maximum absolute atomic E-state index is 11.9. The molecule has 0 bridgehead atoms. The van der Waals surface area contributed by atoms with E-state index in [1.54, 1.807) is 12.1 Å². The lowest BCUT2D eigenvalue weighted by Crippen LogP contribution is -2.41. The fourth-order valence-corrected chi connectivity index (χ4v) is 1.91. The first-order chi connectivity index (χ1) is 9.13. The standard InChI is InChI=1S/C12H14N2O5/c1-2-7-8(11(15)13-14-12(16)17)3-4-9-10(7)19-6-5-18-9/h3-4,14H,2,5-6H2,1H3,(H,13,15)(H,16,17). The minimum Gasteiger partial charge on any atom is -0.486 e. The number of benzene rings is 1. The fraction of sp³-hybridized carbons (Fsp3) is 0.333. The number of carboxylic acid groups (broad SMARTS) is 1. The monoisotopic (exact) mass is 266 g/mol. The molecule has 0 spiro atoms. The smallest absolute Gasteiger partial charge is 0.423 e. The summed E-state index contributed by atoms with van der Waals surface area (Å²) < 4.78 is 11.0. The van der Waals surface area contributed by atoms with Crippen LogP contribution in [0.2, 0.25) is 0 Å². The Hall–Kier alpha value is -2.44. The van der Waals surface area contributed by atoms with E-state index in [0.717, 1.165) is 0 Å². The van der Waals surface area contributed by atoms with Crippen molar-refractivity contribution >= 4 is 12.0 Å². The van der Waals surface area contributed by atoms with Crippen molar-refractivity contribution in [3.63, 3.8) is 0 Å². The van der Waals surface area contributed by atoms with Crippen LogP contribution in [0.3, 0.4) is 0 Å². The minimum absolute atomic E-state index is 0.362. The summed E-state index contributed by atoms with van der Waals surface area (Å²) in [6, 6.07) is 3.23. The summed E-state index contributed by atoms with van der Waals surface area (Å²) in [5.74, 6) is 0.624. The van der Waals surface area contributed by atoms with Crippen molar-refractivity contribution in [1.29, 1.82) is 0 Å². The molecule has 0 fully saturated rings. The number of hydrogen-bond donors (Lipinski definition) is 3. The number of amides is 2. The van der Waals surface area contributed by atoms with Crippen LogP contribution in [0.25, 0.3) is 0 Å². The highest BCUT2D eigenvalue weighted by Crippen LogP contribution is 2.36. The molecular formula is C12H14N2O5. The average Bonchev–Trinajstić information content (AvgIpc) is 2.43. The molecule has 3 N–H and O–H groups in total. The van der Waals surface area contributed by atoms with Crippen LogP contribution < -0.4 is 20.3 Å². The Morgan fingerprint density at radius 2 is 2.00 bits per heavy atom. The molecule has 7 nitrogen and oxygen atoms in total. The van der Waals surface area contributed by atoms with Gasteiger partial charge in [-0.15, -0.1) is 0 Å². The molecule has 0 aromatic heterocycles. The van der Waals surface area contributed by atoms with E-state index in [4.69, 9.17) is 14.6 Å².